The first kappa shape index (κ1) is 29.8. The molecule has 0 atom stereocenters. The number of rotatable bonds is 0. The van der Waals surface area contributed by atoms with Gasteiger partial charge in [0.25, 0.3) is 0 Å². The van der Waals surface area contributed by atoms with E-state index in [1.165, 1.54) is 0 Å². The average molecular weight is 524 g/mol. The van der Waals surface area contributed by atoms with E-state index in [0.717, 1.165) is 0 Å². The van der Waals surface area contributed by atoms with Gasteiger partial charge in [0, 0.05) is 0 Å². The molecular formula is C21H51CrSi6. The quantitative estimate of drug-likeness (QED) is 0.222. The summed E-state index contributed by atoms with van der Waals surface area (Å²) in [6.45, 7) is 29.9. The summed E-state index contributed by atoms with van der Waals surface area (Å²) in [5, 5.41) is 0. The molecule has 3 aliphatic heterocycles. The molecule has 3 saturated heterocycles. The monoisotopic (exact) mass is 523 g/mol. The second-order valence-electron chi connectivity index (χ2n) is 13.9. The molecule has 0 N–H and O–H groups in total. The van der Waals surface area contributed by atoms with Gasteiger partial charge in [0.1, 0.15) is 0 Å². The summed E-state index contributed by atoms with van der Waals surface area (Å²) >= 11 is 0. The van der Waals surface area contributed by atoms with Gasteiger partial charge in [0.2, 0.25) is 0 Å². The Morgan fingerprint density at radius 1 is 0.321 bits per heavy atom. The van der Waals surface area contributed by atoms with Crippen molar-refractivity contribution in [3.63, 3.8) is 0 Å². The molecule has 0 spiro atoms. The molecule has 0 aromatic heterocycles. The van der Waals surface area contributed by atoms with Gasteiger partial charge in [-0.3, -0.25) is 0 Å². The van der Waals surface area contributed by atoms with Crippen LogP contribution in [0.1, 0.15) is 0 Å². The van der Waals surface area contributed by atoms with Gasteiger partial charge in [0.05, 0.1) is 0 Å². The largest absolute Gasteiger partial charge is 3.00 e. The number of hydrogen-bond acceptors (Lipinski definition) is 0. The van der Waals surface area contributed by atoms with E-state index >= 15 is 0 Å². The van der Waals surface area contributed by atoms with Crippen molar-refractivity contribution in [1.82, 2.24) is 0 Å². The molecule has 0 saturated carbocycles. The molecule has 7 heteroatoms. The van der Waals surface area contributed by atoms with Crippen LogP contribution in [-0.4, -0.2) is 48.4 Å². The van der Waals surface area contributed by atoms with Crippen LogP contribution in [0, 0.1) is 17.0 Å². The van der Waals surface area contributed by atoms with Gasteiger partial charge in [0.15, 0.2) is 0 Å². The summed E-state index contributed by atoms with van der Waals surface area (Å²) < 4.78 is 0. The normalized spacial score (nSPS) is 29.6. The maximum Gasteiger partial charge on any atom is 3.00 e. The predicted octanol–water partition coefficient (Wildman–Crippen LogP) is 8.10. The fraction of sp³-hybridized carbons (Fsp3) is 0.857. The Morgan fingerprint density at radius 2 is 0.429 bits per heavy atom. The zero-order chi connectivity index (χ0) is 21.4. The molecule has 0 amide bonds. The summed E-state index contributed by atoms with van der Waals surface area (Å²) in [6.07, 6.45) is 0. The maximum absolute atomic E-state index is 2.76. The van der Waals surface area contributed by atoms with Crippen LogP contribution in [0.4, 0.5) is 0 Å². The minimum absolute atomic E-state index is 0. The summed E-state index contributed by atoms with van der Waals surface area (Å²) in [7, 11) is -4.43. The van der Waals surface area contributed by atoms with E-state index in [1.807, 2.05) is 0 Å². The van der Waals surface area contributed by atoms with Crippen LogP contribution in [-0.2, 0) is 17.4 Å². The van der Waals surface area contributed by atoms with Gasteiger partial charge >= 0.3 is 17.4 Å². The van der Waals surface area contributed by atoms with Crippen molar-refractivity contribution in [3.8, 4) is 0 Å². The summed E-state index contributed by atoms with van der Waals surface area (Å²) in [5.74, 6) is 0. The Kier molecular flexibility index (Phi) is 10.9. The molecule has 3 rings (SSSR count). The third-order valence-electron chi connectivity index (χ3n) is 6.59. The summed E-state index contributed by atoms with van der Waals surface area (Å²) in [6, 6.07) is 9.37. The van der Waals surface area contributed by atoms with Crippen molar-refractivity contribution in [2.45, 2.75) is 115 Å². The zero-order valence-electron chi connectivity index (χ0n) is 21.4. The third-order valence-corrected chi connectivity index (χ3v) is 36.1. The molecule has 165 valence electrons. The van der Waals surface area contributed by atoms with Crippen LogP contribution in [0.5, 0.6) is 0 Å². The fourth-order valence-electron chi connectivity index (χ4n) is 5.54. The number of hydrogen-bond donors (Lipinski definition) is 0. The molecule has 28 heavy (non-hydrogen) atoms. The van der Waals surface area contributed by atoms with Crippen molar-refractivity contribution in [2.75, 3.05) is 0 Å². The Hall–Kier alpha value is 1.83. The van der Waals surface area contributed by atoms with E-state index in [2.05, 4.69) is 95.6 Å². The third kappa shape index (κ3) is 12.0. The van der Waals surface area contributed by atoms with Gasteiger partial charge in [-0.15, -0.1) is 0 Å². The van der Waals surface area contributed by atoms with E-state index in [9.17, 15) is 0 Å². The zero-order valence-corrected chi connectivity index (χ0v) is 28.7. The second-order valence-corrected chi connectivity index (χ2v) is 44.2. The van der Waals surface area contributed by atoms with Gasteiger partial charge in [-0.05, 0) is 0 Å². The van der Waals surface area contributed by atoms with Gasteiger partial charge in [-0.2, -0.15) is 0 Å². The molecule has 0 nitrogen and oxygen atoms in total. The molecule has 0 aromatic carbocycles. The predicted molar refractivity (Wildman–Crippen MR) is 147 cm³/mol. The Labute approximate surface area is 196 Å². The van der Waals surface area contributed by atoms with Crippen LogP contribution in [0.2, 0.25) is 115 Å². The molecule has 3 heterocycles. The molecule has 0 unspecified atom stereocenters. The first-order valence-corrected chi connectivity index (χ1v) is 31.1. The molecule has 0 bridgehead atoms. The smallest absolute Gasteiger partial charge is 0.326 e. The standard InChI is InChI=1S/3C7H17Si2.Cr/c3*1-8(2)5-6-9(3,4)7-8;/h3*7H,5-6H2,1-4H3;/q3*-1;+3. The fourth-order valence-corrected chi connectivity index (χ4v) is 49.9. The minimum atomic E-state index is -0.739. The second kappa shape index (κ2) is 10.2. The van der Waals surface area contributed by atoms with Gasteiger partial charge in [-0.25, -0.2) is 0 Å². The Morgan fingerprint density at radius 3 is 0.464 bits per heavy atom. The van der Waals surface area contributed by atoms with E-state index in [-0.39, 0.29) is 17.4 Å². The van der Waals surface area contributed by atoms with E-state index in [0.29, 0.717) is 0 Å². The van der Waals surface area contributed by atoms with Crippen LogP contribution < -0.4 is 0 Å². The summed E-state index contributed by atoms with van der Waals surface area (Å²) in [4.78, 5) is 0. The van der Waals surface area contributed by atoms with Gasteiger partial charge < -0.3 is 17.0 Å². The molecule has 0 aliphatic carbocycles. The van der Waals surface area contributed by atoms with Crippen LogP contribution in [0.25, 0.3) is 0 Å². The molecule has 1 radical (unpaired) electrons. The maximum atomic E-state index is 2.76. The van der Waals surface area contributed by atoms with E-state index in [4.69, 9.17) is 0 Å². The van der Waals surface area contributed by atoms with Crippen LogP contribution >= 0.6 is 0 Å². The molecular weight excluding hydrogens is 473 g/mol. The van der Waals surface area contributed by atoms with E-state index < -0.39 is 48.4 Å². The van der Waals surface area contributed by atoms with Crippen LogP contribution in [0.3, 0.4) is 0 Å². The van der Waals surface area contributed by atoms with Crippen LogP contribution in [0.15, 0.2) is 0 Å². The van der Waals surface area contributed by atoms with Crippen molar-refractivity contribution in [1.29, 1.82) is 0 Å². The van der Waals surface area contributed by atoms with Gasteiger partial charge in [-0.1, -0.05) is 163 Å². The first-order valence-electron chi connectivity index (χ1n) is 11.4. The molecule has 0 aromatic rings. The van der Waals surface area contributed by atoms with Crippen molar-refractivity contribution in [3.05, 3.63) is 17.0 Å². The SMILES string of the molecule is C[Si]1(C)[CH-][Si](C)(C)CC1.C[Si]1(C)[CH-][Si](C)(C)CC1.C[Si]1(C)[CH-][Si](C)(C)CC1.[Cr+3]. The Bertz CT molecular complexity index is 384. The van der Waals surface area contributed by atoms with E-state index in [1.54, 1.807) is 36.3 Å². The Balaban J connectivity index is 0.000000384. The topological polar surface area (TPSA) is 0 Å². The first-order chi connectivity index (χ1) is 11.7. The van der Waals surface area contributed by atoms with Crippen molar-refractivity contribution < 1.29 is 17.4 Å². The summed E-state index contributed by atoms with van der Waals surface area (Å²) in [5.41, 5.74) is 8.29. The molecule has 3 fully saturated rings. The van der Waals surface area contributed by atoms with Crippen molar-refractivity contribution >= 4 is 48.4 Å². The van der Waals surface area contributed by atoms with Crippen molar-refractivity contribution in [2.24, 2.45) is 0 Å². The minimum Gasteiger partial charge on any atom is -0.326 e. The molecule has 3 aliphatic rings. The average Bonchev–Trinajstić information content (AvgIpc) is 2.91.